The third-order valence-electron chi connectivity index (χ3n) is 3.35. The van der Waals surface area contributed by atoms with E-state index in [2.05, 4.69) is 10.3 Å². The first-order valence-electron chi connectivity index (χ1n) is 7.42. The Morgan fingerprint density at radius 3 is 2.44 bits per heavy atom. The van der Waals surface area contributed by atoms with Gasteiger partial charge in [-0.25, -0.2) is 8.70 Å². The van der Waals surface area contributed by atoms with E-state index in [-0.39, 0.29) is 12.2 Å². The highest BCUT2D eigenvalue weighted by molar-refractivity contribution is 7.90. The summed E-state index contributed by atoms with van der Waals surface area (Å²) < 4.78 is 40.0. The number of halogens is 1. The van der Waals surface area contributed by atoms with Gasteiger partial charge in [-0.05, 0) is 35.9 Å². The van der Waals surface area contributed by atoms with Gasteiger partial charge in [0.05, 0.1) is 5.69 Å². The second kappa shape index (κ2) is 8.04. The summed E-state index contributed by atoms with van der Waals surface area (Å²) in [6.45, 7) is -0.196. The maximum atomic E-state index is 13.1. The van der Waals surface area contributed by atoms with Crippen molar-refractivity contribution in [3.63, 3.8) is 0 Å². The standard InChI is InChI=1S/C16H19FN4O3S/c1-20(2)25(23,24)21(15-7-5-14(17)6-8-15)12-16(22)19-11-13-4-3-9-18-10-13/h3-10H,11-12H2,1-2H3,(H,19,22). The average Bonchev–Trinajstić information content (AvgIpc) is 2.59. The van der Waals surface area contributed by atoms with E-state index < -0.39 is 28.5 Å². The molecule has 0 unspecified atom stereocenters. The van der Waals surface area contributed by atoms with Crippen molar-refractivity contribution in [2.24, 2.45) is 0 Å². The van der Waals surface area contributed by atoms with E-state index in [4.69, 9.17) is 0 Å². The van der Waals surface area contributed by atoms with Crippen LogP contribution < -0.4 is 9.62 Å². The van der Waals surface area contributed by atoms with Gasteiger partial charge in [0.2, 0.25) is 5.91 Å². The summed E-state index contributed by atoms with van der Waals surface area (Å²) in [5, 5.41) is 2.64. The van der Waals surface area contributed by atoms with Crippen LogP contribution in [0.5, 0.6) is 0 Å². The van der Waals surface area contributed by atoms with Crippen LogP contribution in [0, 0.1) is 5.82 Å². The fraction of sp³-hybridized carbons (Fsp3) is 0.250. The summed E-state index contributed by atoms with van der Waals surface area (Å²) in [6.07, 6.45) is 3.22. The highest BCUT2D eigenvalue weighted by Crippen LogP contribution is 2.19. The third kappa shape index (κ3) is 4.97. The van der Waals surface area contributed by atoms with E-state index in [9.17, 15) is 17.6 Å². The Hall–Kier alpha value is -2.52. The van der Waals surface area contributed by atoms with Gasteiger partial charge >= 0.3 is 10.2 Å². The molecule has 0 aliphatic rings. The fourth-order valence-corrected chi connectivity index (χ4v) is 3.06. The number of anilines is 1. The van der Waals surface area contributed by atoms with Crippen LogP contribution in [0.4, 0.5) is 10.1 Å². The Labute approximate surface area is 146 Å². The van der Waals surface area contributed by atoms with E-state index in [1.54, 1.807) is 24.5 Å². The molecule has 9 heteroatoms. The van der Waals surface area contributed by atoms with Gasteiger partial charge in [0.1, 0.15) is 12.4 Å². The molecule has 0 saturated heterocycles. The number of hydrogen-bond acceptors (Lipinski definition) is 4. The zero-order valence-electron chi connectivity index (χ0n) is 13.9. The summed E-state index contributed by atoms with van der Waals surface area (Å²) in [7, 11) is -1.19. The summed E-state index contributed by atoms with van der Waals surface area (Å²) in [4.78, 5) is 16.1. The molecule has 0 aliphatic heterocycles. The van der Waals surface area contributed by atoms with Crippen molar-refractivity contribution in [1.29, 1.82) is 0 Å². The van der Waals surface area contributed by atoms with Crippen LogP contribution in [0.3, 0.4) is 0 Å². The van der Waals surface area contributed by atoms with Crippen LogP contribution in [-0.4, -0.2) is 44.3 Å². The fourth-order valence-electron chi connectivity index (χ4n) is 2.00. The van der Waals surface area contributed by atoms with Crippen LogP contribution in [0.2, 0.25) is 0 Å². The number of carbonyl (C=O) groups excluding carboxylic acids is 1. The lowest BCUT2D eigenvalue weighted by molar-refractivity contribution is -0.119. The molecule has 0 radical (unpaired) electrons. The summed E-state index contributed by atoms with van der Waals surface area (Å²) in [6, 6.07) is 8.43. The number of benzene rings is 1. The average molecular weight is 366 g/mol. The molecule has 0 aliphatic carbocycles. The van der Waals surface area contributed by atoms with E-state index in [0.717, 1.165) is 26.3 Å². The molecular weight excluding hydrogens is 347 g/mol. The Morgan fingerprint density at radius 1 is 1.20 bits per heavy atom. The Morgan fingerprint density at radius 2 is 1.88 bits per heavy atom. The highest BCUT2D eigenvalue weighted by Gasteiger charge is 2.27. The molecule has 1 aromatic heterocycles. The number of hydrogen-bond donors (Lipinski definition) is 1. The lowest BCUT2D eigenvalue weighted by Gasteiger charge is -2.26. The summed E-state index contributed by atoms with van der Waals surface area (Å²) in [5.41, 5.74) is 0.992. The van der Waals surface area contributed by atoms with Gasteiger partial charge in [-0.15, -0.1) is 0 Å². The van der Waals surface area contributed by atoms with Crippen LogP contribution in [0.15, 0.2) is 48.8 Å². The first kappa shape index (κ1) is 18.8. The van der Waals surface area contributed by atoms with Crippen LogP contribution >= 0.6 is 0 Å². The minimum Gasteiger partial charge on any atom is -0.350 e. The number of aromatic nitrogens is 1. The maximum absolute atomic E-state index is 13.1. The number of nitrogens with zero attached hydrogens (tertiary/aromatic N) is 3. The van der Waals surface area contributed by atoms with Gasteiger partial charge in [-0.3, -0.25) is 9.78 Å². The molecule has 0 spiro atoms. The predicted octanol–water partition coefficient (Wildman–Crippen LogP) is 1.15. The molecule has 1 amide bonds. The normalized spacial score (nSPS) is 11.4. The third-order valence-corrected chi connectivity index (χ3v) is 5.17. The van der Waals surface area contributed by atoms with E-state index >= 15 is 0 Å². The molecule has 2 aromatic rings. The smallest absolute Gasteiger partial charge is 0.304 e. The van der Waals surface area contributed by atoms with Crippen molar-refractivity contribution >= 4 is 21.8 Å². The van der Waals surface area contributed by atoms with Gasteiger partial charge in [-0.2, -0.15) is 12.7 Å². The van der Waals surface area contributed by atoms with Crippen molar-refractivity contribution in [3.8, 4) is 0 Å². The maximum Gasteiger partial charge on any atom is 0.304 e. The SMILES string of the molecule is CN(C)S(=O)(=O)N(CC(=O)NCc1cccnc1)c1ccc(F)cc1. The lowest BCUT2D eigenvalue weighted by Crippen LogP contribution is -2.45. The Kier molecular flexibility index (Phi) is 6.05. The first-order valence-corrected chi connectivity index (χ1v) is 8.82. The quantitative estimate of drug-likeness (QED) is 0.797. The Bertz CT molecular complexity index is 811. The van der Waals surface area contributed by atoms with E-state index in [1.807, 2.05) is 0 Å². The minimum atomic E-state index is -3.91. The first-order chi connectivity index (χ1) is 11.8. The molecule has 2 rings (SSSR count). The van der Waals surface area contributed by atoms with Gasteiger partial charge in [-0.1, -0.05) is 6.07 Å². The monoisotopic (exact) mass is 366 g/mol. The molecule has 1 heterocycles. The topological polar surface area (TPSA) is 82.6 Å². The molecule has 0 bridgehead atoms. The number of rotatable bonds is 7. The van der Waals surface area contributed by atoms with Crippen molar-refractivity contribution in [1.82, 2.24) is 14.6 Å². The van der Waals surface area contributed by atoms with Gasteiger partial charge < -0.3 is 5.32 Å². The van der Waals surface area contributed by atoms with Crippen LogP contribution in [0.1, 0.15) is 5.56 Å². The number of amides is 1. The summed E-state index contributed by atoms with van der Waals surface area (Å²) in [5.74, 6) is -0.981. The van der Waals surface area contributed by atoms with Crippen molar-refractivity contribution in [3.05, 3.63) is 60.2 Å². The van der Waals surface area contributed by atoms with Gasteiger partial charge in [0, 0.05) is 33.0 Å². The van der Waals surface area contributed by atoms with Crippen molar-refractivity contribution in [2.45, 2.75) is 6.54 Å². The molecule has 134 valence electrons. The Balaban J connectivity index is 2.15. The van der Waals surface area contributed by atoms with Crippen molar-refractivity contribution in [2.75, 3.05) is 24.9 Å². The molecule has 25 heavy (non-hydrogen) atoms. The van der Waals surface area contributed by atoms with E-state index in [0.29, 0.717) is 0 Å². The summed E-state index contributed by atoms with van der Waals surface area (Å²) >= 11 is 0. The largest absolute Gasteiger partial charge is 0.350 e. The molecule has 7 nitrogen and oxygen atoms in total. The van der Waals surface area contributed by atoms with E-state index in [1.165, 1.54) is 26.2 Å². The second-order valence-electron chi connectivity index (χ2n) is 5.41. The van der Waals surface area contributed by atoms with Crippen LogP contribution in [0.25, 0.3) is 0 Å². The minimum absolute atomic E-state index is 0.201. The van der Waals surface area contributed by atoms with Crippen molar-refractivity contribution < 1.29 is 17.6 Å². The van der Waals surface area contributed by atoms with Crippen LogP contribution in [-0.2, 0) is 21.5 Å². The van der Waals surface area contributed by atoms with Gasteiger partial charge in [0.15, 0.2) is 0 Å². The molecular formula is C16H19FN4O3S. The lowest BCUT2D eigenvalue weighted by atomic mass is 10.3. The number of nitrogens with one attached hydrogen (secondary N) is 1. The molecule has 0 atom stereocenters. The highest BCUT2D eigenvalue weighted by atomic mass is 32.2. The molecule has 0 fully saturated rings. The van der Waals surface area contributed by atoms with Gasteiger partial charge in [0.25, 0.3) is 0 Å². The second-order valence-corrected chi connectivity index (χ2v) is 7.48. The predicted molar refractivity (Wildman–Crippen MR) is 92.4 cm³/mol. The number of carbonyl (C=O) groups is 1. The number of pyridine rings is 1. The molecule has 1 aromatic carbocycles. The molecule has 1 N–H and O–H groups in total. The molecule has 0 saturated carbocycles. The zero-order chi connectivity index (χ0) is 18.4. The zero-order valence-corrected chi connectivity index (χ0v) is 14.7.